The lowest BCUT2D eigenvalue weighted by Gasteiger charge is -2.14. The second kappa shape index (κ2) is 6.05. The molecular weight excluding hydrogens is 224 g/mol. The summed E-state index contributed by atoms with van der Waals surface area (Å²) in [5.41, 5.74) is 0.247. The lowest BCUT2D eigenvalue weighted by molar-refractivity contribution is -0.385. The van der Waals surface area contributed by atoms with Gasteiger partial charge in [0.15, 0.2) is 5.75 Å². The van der Waals surface area contributed by atoms with Crippen LogP contribution in [0.15, 0.2) is 18.2 Å². The van der Waals surface area contributed by atoms with Gasteiger partial charge in [0.2, 0.25) is 0 Å². The van der Waals surface area contributed by atoms with Gasteiger partial charge in [-0.3, -0.25) is 10.1 Å². The summed E-state index contributed by atoms with van der Waals surface area (Å²) >= 11 is 0. The molecule has 0 saturated carbocycles. The van der Waals surface area contributed by atoms with Crippen LogP contribution in [0.1, 0.15) is 13.8 Å². The van der Waals surface area contributed by atoms with E-state index in [2.05, 4.69) is 5.32 Å². The molecule has 1 aromatic carbocycles. The van der Waals surface area contributed by atoms with Gasteiger partial charge in [-0.2, -0.15) is 0 Å². The van der Waals surface area contributed by atoms with Crippen molar-refractivity contribution >= 4 is 11.4 Å². The normalized spacial score (nSPS) is 11.9. The number of rotatable bonds is 6. The fourth-order valence-electron chi connectivity index (χ4n) is 1.41. The van der Waals surface area contributed by atoms with E-state index in [1.165, 1.54) is 0 Å². The van der Waals surface area contributed by atoms with Crippen LogP contribution in [0.5, 0.6) is 5.75 Å². The lowest BCUT2D eigenvalue weighted by atomic mass is 10.2. The maximum absolute atomic E-state index is 11.0. The van der Waals surface area contributed by atoms with Crippen molar-refractivity contribution in [3.63, 3.8) is 0 Å². The van der Waals surface area contributed by atoms with Crippen molar-refractivity contribution in [1.29, 1.82) is 0 Å². The van der Waals surface area contributed by atoms with Gasteiger partial charge in [-0.1, -0.05) is 6.07 Å². The van der Waals surface area contributed by atoms with Gasteiger partial charge in [0.1, 0.15) is 5.69 Å². The predicted octanol–water partition coefficient (Wildman–Crippen LogP) is 1.79. The van der Waals surface area contributed by atoms with Crippen molar-refractivity contribution in [1.82, 2.24) is 0 Å². The van der Waals surface area contributed by atoms with Crippen molar-refractivity contribution in [3.8, 4) is 5.75 Å². The van der Waals surface area contributed by atoms with Crippen LogP contribution in [0.2, 0.25) is 0 Å². The molecule has 0 aromatic heterocycles. The van der Waals surface area contributed by atoms with Gasteiger partial charge in [0.05, 0.1) is 18.1 Å². The highest BCUT2D eigenvalue weighted by Crippen LogP contribution is 2.34. The van der Waals surface area contributed by atoms with Crippen molar-refractivity contribution in [2.45, 2.75) is 19.9 Å². The van der Waals surface area contributed by atoms with Crippen LogP contribution >= 0.6 is 0 Å². The molecule has 0 unspecified atom stereocenters. The molecule has 0 aliphatic carbocycles. The summed E-state index contributed by atoms with van der Waals surface area (Å²) in [5, 5.41) is 22.8. The zero-order valence-electron chi connectivity index (χ0n) is 9.84. The number of aliphatic hydroxyl groups is 1. The van der Waals surface area contributed by atoms with E-state index < -0.39 is 4.92 Å². The fourth-order valence-corrected chi connectivity index (χ4v) is 1.41. The maximum Gasteiger partial charge on any atom is 0.333 e. The summed E-state index contributed by atoms with van der Waals surface area (Å²) in [6, 6.07) is 4.55. The van der Waals surface area contributed by atoms with E-state index in [0.29, 0.717) is 12.3 Å². The van der Waals surface area contributed by atoms with Crippen LogP contribution < -0.4 is 10.1 Å². The van der Waals surface area contributed by atoms with Crippen LogP contribution in [-0.4, -0.2) is 29.3 Å². The van der Waals surface area contributed by atoms with Gasteiger partial charge in [0.25, 0.3) is 0 Å². The molecule has 0 bridgehead atoms. The molecule has 94 valence electrons. The Morgan fingerprint density at radius 3 is 2.82 bits per heavy atom. The number of nitrogens with one attached hydrogen (secondary N) is 1. The Bertz CT molecular complexity index is 395. The Morgan fingerprint density at radius 1 is 1.59 bits per heavy atom. The number of hydrogen-bond acceptors (Lipinski definition) is 5. The van der Waals surface area contributed by atoms with Gasteiger partial charge in [-0.25, -0.2) is 0 Å². The van der Waals surface area contributed by atoms with Crippen LogP contribution in [0.25, 0.3) is 0 Å². The number of anilines is 1. The molecule has 0 spiro atoms. The van der Waals surface area contributed by atoms with Crippen molar-refractivity contribution in [3.05, 3.63) is 28.3 Å². The molecule has 6 heteroatoms. The molecule has 1 rings (SSSR count). The third-order valence-electron chi connectivity index (χ3n) is 2.16. The summed E-state index contributed by atoms with van der Waals surface area (Å²) in [7, 11) is 0. The summed E-state index contributed by atoms with van der Waals surface area (Å²) in [5.74, 6) is 0.229. The first-order valence-electron chi connectivity index (χ1n) is 5.37. The number of nitrogens with zero attached hydrogens (tertiary/aromatic N) is 1. The molecule has 1 atom stereocenters. The minimum Gasteiger partial charge on any atom is -0.487 e. The third-order valence-corrected chi connectivity index (χ3v) is 2.16. The molecule has 0 fully saturated rings. The standard InChI is InChI=1S/C11H16N2O4/c1-3-17-10-6-4-5-9(11(10)13(15)16)12-8(2)7-14/h4-6,8,12,14H,3,7H2,1-2H3/t8-/m0/s1. The monoisotopic (exact) mass is 240 g/mol. The topological polar surface area (TPSA) is 84.6 Å². The van der Waals surface area contributed by atoms with Gasteiger partial charge in [-0.15, -0.1) is 0 Å². The zero-order chi connectivity index (χ0) is 12.8. The molecule has 2 N–H and O–H groups in total. The molecule has 0 heterocycles. The molecule has 1 aromatic rings. The Balaban J connectivity index is 3.10. The number of benzene rings is 1. The van der Waals surface area contributed by atoms with Crippen LogP contribution in [0.4, 0.5) is 11.4 Å². The average molecular weight is 240 g/mol. The van der Waals surface area contributed by atoms with Crippen molar-refractivity contribution in [2.75, 3.05) is 18.5 Å². The fraction of sp³-hybridized carbons (Fsp3) is 0.455. The summed E-state index contributed by atoms with van der Waals surface area (Å²) < 4.78 is 5.21. The summed E-state index contributed by atoms with van der Waals surface area (Å²) in [6.07, 6.45) is 0. The van der Waals surface area contributed by atoms with E-state index in [4.69, 9.17) is 9.84 Å². The molecule has 0 amide bonds. The largest absolute Gasteiger partial charge is 0.487 e. The van der Waals surface area contributed by atoms with E-state index in [1.54, 1.807) is 32.0 Å². The van der Waals surface area contributed by atoms with Gasteiger partial charge in [-0.05, 0) is 26.0 Å². The van der Waals surface area contributed by atoms with Crippen molar-refractivity contribution < 1.29 is 14.8 Å². The minimum atomic E-state index is -0.489. The first-order valence-corrected chi connectivity index (χ1v) is 5.37. The highest BCUT2D eigenvalue weighted by atomic mass is 16.6. The number of hydrogen-bond donors (Lipinski definition) is 2. The summed E-state index contributed by atoms with van der Waals surface area (Å²) in [4.78, 5) is 10.5. The number of nitro groups is 1. The molecule has 0 aliphatic rings. The predicted molar refractivity (Wildman–Crippen MR) is 64.4 cm³/mol. The SMILES string of the molecule is CCOc1cccc(N[C@@H](C)CO)c1[N+](=O)[O-]. The van der Waals surface area contributed by atoms with Crippen LogP contribution in [0.3, 0.4) is 0 Å². The second-order valence-electron chi connectivity index (χ2n) is 3.57. The smallest absolute Gasteiger partial charge is 0.333 e. The lowest BCUT2D eigenvalue weighted by Crippen LogP contribution is -2.20. The second-order valence-corrected chi connectivity index (χ2v) is 3.57. The highest BCUT2D eigenvalue weighted by Gasteiger charge is 2.21. The Labute approximate surface area is 99.4 Å². The zero-order valence-corrected chi connectivity index (χ0v) is 9.84. The first kappa shape index (κ1) is 13.2. The Hall–Kier alpha value is -1.82. The number of aliphatic hydroxyl groups excluding tert-OH is 1. The van der Waals surface area contributed by atoms with E-state index in [9.17, 15) is 10.1 Å². The average Bonchev–Trinajstić information content (AvgIpc) is 2.29. The third kappa shape index (κ3) is 3.32. The number of para-hydroxylation sites is 1. The van der Waals surface area contributed by atoms with Gasteiger partial charge in [0, 0.05) is 6.04 Å². The van der Waals surface area contributed by atoms with Crippen LogP contribution in [-0.2, 0) is 0 Å². The highest BCUT2D eigenvalue weighted by molar-refractivity contribution is 5.68. The maximum atomic E-state index is 11.0. The van der Waals surface area contributed by atoms with E-state index in [0.717, 1.165) is 0 Å². The van der Waals surface area contributed by atoms with Crippen molar-refractivity contribution in [2.24, 2.45) is 0 Å². The molecular formula is C11H16N2O4. The Morgan fingerprint density at radius 2 is 2.29 bits per heavy atom. The first-order chi connectivity index (χ1) is 8.10. The molecule has 0 saturated heterocycles. The number of nitro benzene ring substituents is 1. The quantitative estimate of drug-likeness (QED) is 0.585. The van der Waals surface area contributed by atoms with Crippen LogP contribution in [0, 0.1) is 10.1 Å². The molecule has 6 nitrogen and oxygen atoms in total. The molecule has 17 heavy (non-hydrogen) atoms. The Kier molecular flexibility index (Phi) is 4.71. The molecule has 0 aliphatic heterocycles. The minimum absolute atomic E-state index is 0.101. The van der Waals surface area contributed by atoms with Gasteiger partial charge < -0.3 is 15.2 Å². The van der Waals surface area contributed by atoms with Gasteiger partial charge >= 0.3 is 5.69 Å². The van der Waals surface area contributed by atoms with E-state index >= 15 is 0 Å². The number of ether oxygens (including phenoxy) is 1. The molecule has 0 radical (unpaired) electrons. The van der Waals surface area contributed by atoms with E-state index in [1.807, 2.05) is 0 Å². The van der Waals surface area contributed by atoms with E-state index in [-0.39, 0.29) is 24.1 Å². The summed E-state index contributed by atoms with van der Waals surface area (Å²) in [6.45, 7) is 3.76.